The van der Waals surface area contributed by atoms with Crippen molar-refractivity contribution in [3.05, 3.63) is 0 Å². The molecule has 1 aliphatic rings. The van der Waals surface area contributed by atoms with Crippen LogP contribution >= 0.6 is 0 Å². The maximum Gasteiger partial charge on any atom is 0.160 e. The van der Waals surface area contributed by atoms with Crippen molar-refractivity contribution in [1.82, 2.24) is 0 Å². The van der Waals surface area contributed by atoms with Gasteiger partial charge < -0.3 is 19.3 Å². The van der Waals surface area contributed by atoms with Crippen LogP contribution in [-0.2, 0) is 14.2 Å². The van der Waals surface area contributed by atoms with Crippen molar-refractivity contribution in [3.63, 3.8) is 0 Å². The quantitative estimate of drug-likeness (QED) is 0.690. The van der Waals surface area contributed by atoms with Gasteiger partial charge in [-0.1, -0.05) is 0 Å². The van der Waals surface area contributed by atoms with Crippen LogP contribution in [-0.4, -0.2) is 43.4 Å². The summed E-state index contributed by atoms with van der Waals surface area (Å²) in [4.78, 5) is 0. The summed E-state index contributed by atoms with van der Waals surface area (Å²) in [6.07, 6.45) is -0.609. The zero-order valence-corrected chi connectivity index (χ0v) is 8.61. The van der Waals surface area contributed by atoms with Crippen LogP contribution in [0, 0.1) is 0 Å². The highest BCUT2D eigenvalue weighted by Gasteiger charge is 2.44. The molecule has 0 aromatic heterocycles. The molecular weight excluding hydrogens is 172 g/mol. The fraction of sp³-hybridized carbons (Fsp3) is 1.00. The first-order valence-electron chi connectivity index (χ1n) is 4.45. The highest BCUT2D eigenvalue weighted by atomic mass is 16.7. The van der Waals surface area contributed by atoms with Crippen molar-refractivity contribution < 1.29 is 19.3 Å². The average Bonchev–Trinajstić information content (AvgIpc) is 2.13. The topological polar surface area (TPSA) is 47.9 Å². The Morgan fingerprint density at radius 3 is 2.54 bits per heavy atom. The third kappa shape index (κ3) is 2.02. The summed E-state index contributed by atoms with van der Waals surface area (Å²) in [5, 5.41) is 9.80. The maximum absolute atomic E-state index is 9.80. The highest BCUT2D eigenvalue weighted by Crippen LogP contribution is 2.31. The second-order valence-electron chi connectivity index (χ2n) is 3.67. The summed E-state index contributed by atoms with van der Waals surface area (Å²) in [6, 6.07) is 0. The van der Waals surface area contributed by atoms with Crippen molar-refractivity contribution >= 4 is 0 Å². The van der Waals surface area contributed by atoms with E-state index in [-0.39, 0.29) is 12.4 Å². The van der Waals surface area contributed by atoms with E-state index in [1.54, 1.807) is 14.2 Å². The number of rotatable bonds is 2. The molecule has 1 fully saturated rings. The van der Waals surface area contributed by atoms with Gasteiger partial charge in [0.05, 0.1) is 11.7 Å². The van der Waals surface area contributed by atoms with E-state index in [1.165, 1.54) is 0 Å². The summed E-state index contributed by atoms with van der Waals surface area (Å²) >= 11 is 0. The summed E-state index contributed by atoms with van der Waals surface area (Å²) < 4.78 is 15.8. The van der Waals surface area contributed by atoms with E-state index in [4.69, 9.17) is 14.2 Å². The van der Waals surface area contributed by atoms with Gasteiger partial charge in [-0.2, -0.15) is 0 Å². The van der Waals surface area contributed by atoms with Gasteiger partial charge in [0.25, 0.3) is 0 Å². The number of hydrogen-bond acceptors (Lipinski definition) is 4. The SMILES string of the molecule is COC1CC(C)(OC)C(O)C(C)O1. The summed E-state index contributed by atoms with van der Waals surface area (Å²) in [7, 11) is 3.18. The molecule has 1 N–H and O–H groups in total. The van der Waals surface area contributed by atoms with Crippen LogP contribution in [0.25, 0.3) is 0 Å². The van der Waals surface area contributed by atoms with E-state index in [1.807, 2.05) is 13.8 Å². The fourth-order valence-corrected chi connectivity index (χ4v) is 1.65. The minimum atomic E-state index is -0.608. The normalized spacial score (nSPS) is 46.4. The Hall–Kier alpha value is -0.160. The lowest BCUT2D eigenvalue weighted by Crippen LogP contribution is -2.56. The average molecular weight is 190 g/mol. The Morgan fingerprint density at radius 1 is 1.46 bits per heavy atom. The van der Waals surface area contributed by atoms with Crippen LogP contribution in [0.1, 0.15) is 20.3 Å². The van der Waals surface area contributed by atoms with Gasteiger partial charge in [0.2, 0.25) is 0 Å². The second kappa shape index (κ2) is 3.92. The molecule has 78 valence electrons. The van der Waals surface area contributed by atoms with Crippen LogP contribution in [0.4, 0.5) is 0 Å². The van der Waals surface area contributed by atoms with Gasteiger partial charge >= 0.3 is 0 Å². The predicted molar refractivity (Wildman–Crippen MR) is 47.4 cm³/mol. The Morgan fingerprint density at radius 2 is 2.08 bits per heavy atom. The third-order valence-corrected chi connectivity index (χ3v) is 2.74. The predicted octanol–water partition coefficient (Wildman–Crippen LogP) is 0.534. The van der Waals surface area contributed by atoms with Crippen molar-refractivity contribution in [3.8, 4) is 0 Å². The van der Waals surface area contributed by atoms with Gasteiger partial charge in [-0.3, -0.25) is 0 Å². The first kappa shape index (κ1) is 10.9. The molecular formula is C9H18O4. The molecule has 1 aliphatic heterocycles. The van der Waals surface area contributed by atoms with Gasteiger partial charge in [-0.25, -0.2) is 0 Å². The monoisotopic (exact) mass is 190 g/mol. The van der Waals surface area contributed by atoms with Crippen LogP contribution in [0.5, 0.6) is 0 Å². The molecule has 0 radical (unpaired) electrons. The molecule has 0 aromatic carbocycles. The zero-order valence-electron chi connectivity index (χ0n) is 8.61. The van der Waals surface area contributed by atoms with E-state index in [0.717, 1.165) is 0 Å². The first-order valence-corrected chi connectivity index (χ1v) is 4.45. The molecule has 1 rings (SSSR count). The Kier molecular flexibility index (Phi) is 3.29. The van der Waals surface area contributed by atoms with Crippen molar-refractivity contribution in [1.29, 1.82) is 0 Å². The van der Waals surface area contributed by atoms with E-state index in [9.17, 15) is 5.11 Å². The van der Waals surface area contributed by atoms with Crippen LogP contribution in [0.15, 0.2) is 0 Å². The van der Waals surface area contributed by atoms with E-state index < -0.39 is 11.7 Å². The minimum Gasteiger partial charge on any atom is -0.387 e. The molecule has 0 aliphatic carbocycles. The lowest BCUT2D eigenvalue weighted by atomic mass is 9.88. The molecule has 4 heteroatoms. The molecule has 4 unspecified atom stereocenters. The molecule has 0 saturated carbocycles. The fourth-order valence-electron chi connectivity index (χ4n) is 1.65. The lowest BCUT2D eigenvalue weighted by molar-refractivity contribution is -0.271. The standard InChI is InChI=1S/C9H18O4/c1-6-8(10)9(2,12-4)5-7(11-3)13-6/h6-8,10H,5H2,1-4H3. The Balaban J connectivity index is 2.71. The zero-order chi connectivity index (χ0) is 10.1. The third-order valence-electron chi connectivity index (χ3n) is 2.74. The minimum absolute atomic E-state index is 0.261. The second-order valence-corrected chi connectivity index (χ2v) is 3.67. The molecule has 4 atom stereocenters. The van der Waals surface area contributed by atoms with Gasteiger partial charge in [0.1, 0.15) is 6.10 Å². The largest absolute Gasteiger partial charge is 0.387 e. The number of aliphatic hydroxyl groups excluding tert-OH is 1. The van der Waals surface area contributed by atoms with Gasteiger partial charge in [0, 0.05) is 20.6 Å². The number of aliphatic hydroxyl groups is 1. The Bertz CT molecular complexity index is 173. The highest BCUT2D eigenvalue weighted by molar-refractivity contribution is 4.92. The van der Waals surface area contributed by atoms with Gasteiger partial charge in [-0.15, -0.1) is 0 Å². The molecule has 4 nitrogen and oxygen atoms in total. The summed E-state index contributed by atoms with van der Waals surface area (Å²) in [6.45, 7) is 3.68. The molecule has 0 spiro atoms. The first-order chi connectivity index (χ1) is 6.03. The summed E-state index contributed by atoms with van der Waals surface area (Å²) in [5.41, 5.74) is -0.571. The molecule has 0 aromatic rings. The van der Waals surface area contributed by atoms with Crippen molar-refractivity contribution in [2.24, 2.45) is 0 Å². The number of ether oxygens (including phenoxy) is 3. The van der Waals surface area contributed by atoms with Gasteiger partial charge in [0.15, 0.2) is 6.29 Å². The Labute approximate surface area is 78.8 Å². The maximum atomic E-state index is 9.80. The van der Waals surface area contributed by atoms with Gasteiger partial charge in [-0.05, 0) is 13.8 Å². The summed E-state index contributed by atoms with van der Waals surface area (Å²) in [5.74, 6) is 0. The van der Waals surface area contributed by atoms with Crippen LogP contribution in [0.2, 0.25) is 0 Å². The molecule has 0 amide bonds. The number of hydrogen-bond donors (Lipinski definition) is 1. The molecule has 0 bridgehead atoms. The number of methoxy groups -OCH3 is 2. The lowest BCUT2D eigenvalue weighted by Gasteiger charge is -2.43. The molecule has 1 heterocycles. The van der Waals surface area contributed by atoms with Crippen LogP contribution in [0.3, 0.4) is 0 Å². The van der Waals surface area contributed by atoms with E-state index in [2.05, 4.69) is 0 Å². The molecule has 13 heavy (non-hydrogen) atoms. The smallest absolute Gasteiger partial charge is 0.160 e. The van der Waals surface area contributed by atoms with E-state index >= 15 is 0 Å². The van der Waals surface area contributed by atoms with Crippen LogP contribution < -0.4 is 0 Å². The van der Waals surface area contributed by atoms with E-state index in [0.29, 0.717) is 6.42 Å². The van der Waals surface area contributed by atoms with Crippen molar-refractivity contribution in [2.75, 3.05) is 14.2 Å². The van der Waals surface area contributed by atoms with Crippen molar-refractivity contribution in [2.45, 2.75) is 44.4 Å². The molecule has 1 saturated heterocycles.